The molecule has 0 spiro atoms. The molecule has 2 aromatic carbocycles. The van der Waals surface area contributed by atoms with Crippen molar-refractivity contribution in [3.05, 3.63) is 54.1 Å². The summed E-state index contributed by atoms with van der Waals surface area (Å²) in [6.07, 6.45) is 0.440. The van der Waals surface area contributed by atoms with E-state index in [-0.39, 0.29) is 22.6 Å². The van der Waals surface area contributed by atoms with Crippen LogP contribution in [0.3, 0.4) is 0 Å². The molecule has 0 fully saturated rings. The summed E-state index contributed by atoms with van der Waals surface area (Å²) in [4.78, 5) is 24.4. The number of carbonyl (C=O) groups is 2. The summed E-state index contributed by atoms with van der Waals surface area (Å²) in [5, 5.41) is 5.56. The fourth-order valence-corrected chi connectivity index (χ4v) is 4.09. The van der Waals surface area contributed by atoms with Crippen LogP contribution in [0, 0.1) is 5.92 Å². The highest BCUT2D eigenvalue weighted by atomic mass is 32.2. The maximum absolute atomic E-state index is 12.4. The third-order valence-corrected chi connectivity index (χ3v) is 5.66. The molecular formula is C22H29N3O4S. The summed E-state index contributed by atoms with van der Waals surface area (Å²) in [7, 11) is -3.66. The zero-order valence-corrected chi connectivity index (χ0v) is 18.8. The molecule has 0 aliphatic rings. The Morgan fingerprint density at radius 1 is 0.867 bits per heavy atom. The number of benzene rings is 2. The third-order valence-electron chi connectivity index (χ3n) is 3.89. The lowest BCUT2D eigenvalue weighted by atomic mass is 10.1. The van der Waals surface area contributed by atoms with Crippen LogP contribution >= 0.6 is 0 Å². The quantitative estimate of drug-likeness (QED) is 0.616. The summed E-state index contributed by atoms with van der Waals surface area (Å²) >= 11 is 0. The van der Waals surface area contributed by atoms with Gasteiger partial charge in [-0.2, -0.15) is 0 Å². The van der Waals surface area contributed by atoms with Gasteiger partial charge >= 0.3 is 0 Å². The summed E-state index contributed by atoms with van der Waals surface area (Å²) < 4.78 is 27.3. The van der Waals surface area contributed by atoms with Gasteiger partial charge in [-0.05, 0) is 75.2 Å². The van der Waals surface area contributed by atoms with E-state index >= 15 is 0 Å². The van der Waals surface area contributed by atoms with Crippen LogP contribution in [0.4, 0.5) is 11.4 Å². The Balaban J connectivity index is 2.02. The van der Waals surface area contributed by atoms with Crippen LogP contribution in [-0.4, -0.2) is 25.8 Å². The zero-order valence-electron chi connectivity index (χ0n) is 17.9. The molecular weight excluding hydrogens is 402 g/mol. The molecule has 0 aliphatic heterocycles. The smallest absolute Gasteiger partial charge is 0.255 e. The Labute approximate surface area is 178 Å². The van der Waals surface area contributed by atoms with E-state index < -0.39 is 15.6 Å². The first-order valence-corrected chi connectivity index (χ1v) is 11.2. The third kappa shape index (κ3) is 7.27. The van der Waals surface area contributed by atoms with Crippen LogP contribution in [0.5, 0.6) is 0 Å². The normalized spacial score (nSPS) is 11.9. The zero-order chi connectivity index (χ0) is 22.5. The van der Waals surface area contributed by atoms with Gasteiger partial charge in [0, 0.05) is 28.9 Å². The number of rotatable bonds is 7. The van der Waals surface area contributed by atoms with Crippen molar-refractivity contribution in [2.24, 2.45) is 5.92 Å². The average Bonchev–Trinajstić information content (AvgIpc) is 2.61. The van der Waals surface area contributed by atoms with Crippen molar-refractivity contribution in [2.45, 2.75) is 51.5 Å². The van der Waals surface area contributed by atoms with Crippen LogP contribution in [0.25, 0.3) is 0 Å². The minimum Gasteiger partial charge on any atom is -0.326 e. The van der Waals surface area contributed by atoms with Gasteiger partial charge in [-0.15, -0.1) is 0 Å². The molecule has 8 heteroatoms. The van der Waals surface area contributed by atoms with Gasteiger partial charge in [-0.25, -0.2) is 13.1 Å². The SMILES string of the molecule is CC(C)CC(=O)Nc1ccc(NC(=O)c2ccc(S(=O)(=O)NC(C)(C)C)cc2)cc1. The highest BCUT2D eigenvalue weighted by Gasteiger charge is 2.22. The van der Waals surface area contributed by atoms with Crippen LogP contribution in [0.2, 0.25) is 0 Å². The molecule has 2 amide bonds. The van der Waals surface area contributed by atoms with Gasteiger partial charge in [0.15, 0.2) is 0 Å². The summed E-state index contributed by atoms with van der Waals surface area (Å²) in [6.45, 7) is 9.22. The van der Waals surface area contributed by atoms with E-state index in [1.165, 1.54) is 24.3 Å². The average molecular weight is 432 g/mol. The maximum Gasteiger partial charge on any atom is 0.255 e. The van der Waals surface area contributed by atoms with Crippen molar-refractivity contribution in [2.75, 3.05) is 10.6 Å². The van der Waals surface area contributed by atoms with Gasteiger partial charge < -0.3 is 10.6 Å². The number of hydrogen-bond donors (Lipinski definition) is 3. The summed E-state index contributed by atoms with van der Waals surface area (Å²) in [5.74, 6) is -0.147. The Kier molecular flexibility index (Phi) is 7.39. The van der Waals surface area contributed by atoms with Crippen molar-refractivity contribution in [1.82, 2.24) is 4.72 Å². The van der Waals surface area contributed by atoms with Gasteiger partial charge in [0.05, 0.1) is 4.90 Å². The molecule has 30 heavy (non-hydrogen) atoms. The second-order valence-corrected chi connectivity index (χ2v) is 10.2. The predicted octanol–water partition coefficient (Wildman–Crippen LogP) is 4.00. The largest absolute Gasteiger partial charge is 0.326 e. The number of amides is 2. The lowest BCUT2D eigenvalue weighted by Gasteiger charge is -2.20. The topological polar surface area (TPSA) is 104 Å². The number of anilines is 2. The minimum absolute atomic E-state index is 0.0576. The fourth-order valence-electron chi connectivity index (χ4n) is 2.67. The first-order valence-electron chi connectivity index (χ1n) is 9.71. The van der Waals surface area contributed by atoms with E-state index in [9.17, 15) is 18.0 Å². The van der Waals surface area contributed by atoms with Crippen molar-refractivity contribution in [1.29, 1.82) is 0 Å². The van der Waals surface area contributed by atoms with E-state index in [0.717, 1.165) is 0 Å². The molecule has 0 radical (unpaired) electrons. The number of sulfonamides is 1. The van der Waals surface area contributed by atoms with E-state index in [2.05, 4.69) is 15.4 Å². The van der Waals surface area contributed by atoms with E-state index in [4.69, 9.17) is 0 Å². The molecule has 7 nitrogen and oxygen atoms in total. The highest BCUT2D eigenvalue weighted by molar-refractivity contribution is 7.89. The molecule has 0 aromatic heterocycles. The second-order valence-electron chi connectivity index (χ2n) is 8.56. The van der Waals surface area contributed by atoms with Crippen molar-refractivity contribution < 1.29 is 18.0 Å². The van der Waals surface area contributed by atoms with Gasteiger partial charge in [0.25, 0.3) is 5.91 Å². The first kappa shape index (κ1) is 23.6. The highest BCUT2D eigenvalue weighted by Crippen LogP contribution is 2.17. The van der Waals surface area contributed by atoms with E-state index in [0.29, 0.717) is 23.4 Å². The van der Waals surface area contributed by atoms with Gasteiger partial charge in [-0.3, -0.25) is 9.59 Å². The molecule has 2 rings (SSSR count). The van der Waals surface area contributed by atoms with Crippen molar-refractivity contribution in [3.8, 4) is 0 Å². The van der Waals surface area contributed by atoms with Crippen LogP contribution in [0.1, 0.15) is 51.4 Å². The Bertz CT molecular complexity index is 990. The molecule has 0 heterocycles. The summed E-state index contributed by atoms with van der Waals surface area (Å²) in [5.41, 5.74) is 0.946. The molecule has 162 valence electrons. The molecule has 0 saturated heterocycles. The Morgan fingerprint density at radius 3 is 1.83 bits per heavy atom. The minimum atomic E-state index is -3.66. The van der Waals surface area contributed by atoms with Gasteiger partial charge in [0.1, 0.15) is 0 Å². The van der Waals surface area contributed by atoms with Crippen molar-refractivity contribution in [3.63, 3.8) is 0 Å². The molecule has 0 unspecified atom stereocenters. The monoisotopic (exact) mass is 431 g/mol. The lowest BCUT2D eigenvalue weighted by molar-refractivity contribution is -0.116. The van der Waals surface area contributed by atoms with E-state index in [1.54, 1.807) is 45.0 Å². The van der Waals surface area contributed by atoms with Crippen LogP contribution in [0.15, 0.2) is 53.4 Å². The molecule has 2 aromatic rings. The lowest BCUT2D eigenvalue weighted by Crippen LogP contribution is -2.40. The van der Waals surface area contributed by atoms with E-state index in [1.807, 2.05) is 13.8 Å². The molecule has 0 saturated carbocycles. The molecule has 0 bridgehead atoms. The van der Waals surface area contributed by atoms with Crippen LogP contribution in [-0.2, 0) is 14.8 Å². The fraction of sp³-hybridized carbons (Fsp3) is 0.364. The van der Waals surface area contributed by atoms with Gasteiger partial charge in [0.2, 0.25) is 15.9 Å². The number of hydrogen-bond acceptors (Lipinski definition) is 4. The van der Waals surface area contributed by atoms with Gasteiger partial charge in [-0.1, -0.05) is 13.8 Å². The number of carbonyl (C=O) groups excluding carboxylic acids is 2. The Morgan fingerprint density at radius 2 is 1.37 bits per heavy atom. The second kappa shape index (κ2) is 9.40. The molecule has 0 aliphatic carbocycles. The Hall–Kier alpha value is -2.71. The molecule has 3 N–H and O–H groups in total. The maximum atomic E-state index is 12.4. The first-order chi connectivity index (χ1) is 13.9. The molecule has 0 atom stereocenters. The number of nitrogens with one attached hydrogen (secondary N) is 3. The summed E-state index contributed by atoms with van der Waals surface area (Å²) in [6, 6.07) is 12.5. The van der Waals surface area contributed by atoms with Crippen molar-refractivity contribution >= 4 is 33.2 Å². The standard InChI is InChI=1S/C22H29N3O4S/c1-15(2)14-20(26)23-17-8-10-18(11-9-17)24-21(27)16-6-12-19(13-7-16)30(28,29)25-22(3,4)5/h6-13,15,25H,14H2,1-5H3,(H,23,26)(H,24,27). The van der Waals surface area contributed by atoms with Crippen LogP contribution < -0.4 is 15.4 Å². The predicted molar refractivity (Wildman–Crippen MR) is 119 cm³/mol.